The zero-order chi connectivity index (χ0) is 22.3. The summed E-state index contributed by atoms with van der Waals surface area (Å²) in [6.07, 6.45) is 2.33. The average Bonchev–Trinajstić information content (AvgIpc) is 3.33. The molecule has 2 bridgehead atoms. The number of hydrogen-bond acceptors (Lipinski definition) is 5. The first kappa shape index (κ1) is 21.9. The molecule has 1 spiro atoms. The summed E-state index contributed by atoms with van der Waals surface area (Å²) in [7, 11) is 0. The lowest BCUT2D eigenvalue weighted by Crippen LogP contribution is -2.57. The van der Waals surface area contributed by atoms with Crippen LogP contribution in [0.2, 0.25) is 0 Å². The van der Waals surface area contributed by atoms with Crippen LogP contribution >= 0.6 is 11.8 Å². The molecule has 0 radical (unpaired) electrons. The quantitative estimate of drug-likeness (QED) is 0.592. The molecule has 7 nitrogen and oxygen atoms in total. The first-order valence-electron chi connectivity index (χ1n) is 10.6. The molecule has 31 heavy (non-hydrogen) atoms. The number of amides is 2. The van der Waals surface area contributed by atoms with E-state index in [1.165, 1.54) is 16.7 Å². The van der Waals surface area contributed by atoms with Crippen LogP contribution in [0.5, 0.6) is 0 Å². The molecule has 8 heteroatoms. The number of carboxylic acids is 1. The summed E-state index contributed by atoms with van der Waals surface area (Å²) in [6.45, 7) is 6.23. The maximum absolute atomic E-state index is 14.0. The standard InChI is InChI=1S/C23H28N2O5S/c1-3-9-24(13-15-7-5-4-6-8-15)21(28)19-23-14(2)12-16(31-23)17(22(29)30)18(23)20(27)25(19)10-11-26/h3-8,14,16-19,26H,1,9-13H2,2H3,(H,29,30)/t14?,16-,17+,18-,19?,23?/m0/s1. The van der Waals surface area contributed by atoms with Crippen LogP contribution in [-0.4, -0.2) is 73.5 Å². The minimum atomic E-state index is -0.978. The van der Waals surface area contributed by atoms with Gasteiger partial charge >= 0.3 is 5.97 Å². The van der Waals surface area contributed by atoms with E-state index in [0.717, 1.165) is 5.56 Å². The van der Waals surface area contributed by atoms with Gasteiger partial charge in [0.25, 0.3) is 0 Å². The Morgan fingerprint density at radius 2 is 2.06 bits per heavy atom. The molecule has 2 N–H and O–H groups in total. The summed E-state index contributed by atoms with van der Waals surface area (Å²) in [5.41, 5.74) is 0.963. The Morgan fingerprint density at radius 3 is 2.68 bits per heavy atom. The Labute approximate surface area is 186 Å². The Morgan fingerprint density at radius 1 is 1.35 bits per heavy atom. The highest BCUT2D eigenvalue weighted by Gasteiger charge is 2.76. The molecule has 3 aliphatic heterocycles. The number of carboxylic acid groups (broad SMARTS) is 1. The molecule has 0 aliphatic carbocycles. The van der Waals surface area contributed by atoms with Crippen molar-refractivity contribution >= 4 is 29.5 Å². The van der Waals surface area contributed by atoms with Gasteiger partial charge in [-0.2, -0.15) is 0 Å². The molecule has 3 unspecified atom stereocenters. The van der Waals surface area contributed by atoms with Gasteiger partial charge in [0.2, 0.25) is 11.8 Å². The molecule has 0 aromatic heterocycles. The molecular formula is C23H28N2O5S. The third kappa shape index (κ3) is 3.27. The maximum Gasteiger partial charge on any atom is 0.308 e. The molecule has 2 amide bonds. The van der Waals surface area contributed by atoms with Crippen molar-refractivity contribution in [3.05, 3.63) is 48.6 Å². The van der Waals surface area contributed by atoms with Gasteiger partial charge < -0.3 is 20.0 Å². The molecular weight excluding hydrogens is 416 g/mol. The van der Waals surface area contributed by atoms with E-state index in [9.17, 15) is 24.6 Å². The molecule has 3 aliphatic rings. The molecule has 0 saturated carbocycles. The van der Waals surface area contributed by atoms with Crippen molar-refractivity contribution in [1.29, 1.82) is 0 Å². The minimum absolute atomic E-state index is 0.0189. The molecule has 6 atom stereocenters. The first-order chi connectivity index (χ1) is 14.9. The number of hydrogen-bond donors (Lipinski definition) is 2. The van der Waals surface area contributed by atoms with Crippen molar-refractivity contribution in [2.75, 3.05) is 19.7 Å². The highest BCUT2D eigenvalue weighted by atomic mass is 32.2. The van der Waals surface area contributed by atoms with E-state index in [4.69, 9.17) is 0 Å². The zero-order valence-electron chi connectivity index (χ0n) is 17.5. The van der Waals surface area contributed by atoms with Gasteiger partial charge in [-0.05, 0) is 17.9 Å². The van der Waals surface area contributed by atoms with Crippen molar-refractivity contribution in [1.82, 2.24) is 9.80 Å². The van der Waals surface area contributed by atoms with Crippen LogP contribution in [0.15, 0.2) is 43.0 Å². The van der Waals surface area contributed by atoms with Crippen LogP contribution in [-0.2, 0) is 20.9 Å². The summed E-state index contributed by atoms with van der Waals surface area (Å²) in [6, 6.07) is 8.81. The van der Waals surface area contributed by atoms with Gasteiger partial charge in [0.05, 0.1) is 23.2 Å². The normalized spacial score (nSPS) is 33.4. The molecule has 1 aromatic carbocycles. The number of aliphatic carboxylic acids is 1. The lowest BCUT2D eigenvalue weighted by atomic mass is 9.66. The Balaban J connectivity index is 1.74. The Bertz CT molecular complexity index is 893. The number of aliphatic hydroxyl groups is 1. The number of rotatable bonds is 8. The maximum atomic E-state index is 14.0. The predicted octanol–water partition coefficient (Wildman–Crippen LogP) is 1.62. The molecule has 3 heterocycles. The monoisotopic (exact) mass is 444 g/mol. The summed E-state index contributed by atoms with van der Waals surface area (Å²) in [5.74, 6) is -3.03. The van der Waals surface area contributed by atoms with E-state index in [0.29, 0.717) is 19.5 Å². The van der Waals surface area contributed by atoms with Crippen LogP contribution in [0.1, 0.15) is 18.9 Å². The number of thioether (sulfide) groups is 1. The third-order valence-electron chi connectivity index (χ3n) is 6.98. The van der Waals surface area contributed by atoms with Crippen LogP contribution in [0.25, 0.3) is 0 Å². The van der Waals surface area contributed by atoms with E-state index >= 15 is 0 Å². The Kier molecular flexibility index (Phi) is 5.87. The lowest BCUT2D eigenvalue weighted by molar-refractivity contribution is -0.149. The highest BCUT2D eigenvalue weighted by molar-refractivity contribution is 8.02. The fourth-order valence-electron chi connectivity index (χ4n) is 5.79. The van der Waals surface area contributed by atoms with Crippen LogP contribution in [0.4, 0.5) is 0 Å². The Hall–Kier alpha value is -2.32. The van der Waals surface area contributed by atoms with E-state index in [1.807, 2.05) is 37.3 Å². The van der Waals surface area contributed by atoms with Gasteiger partial charge in [-0.3, -0.25) is 14.4 Å². The predicted molar refractivity (Wildman–Crippen MR) is 117 cm³/mol. The number of β-amino-alcohol motifs (C(OH)–C–C–N with tert-alkyl or cyclic N) is 1. The fraction of sp³-hybridized carbons (Fsp3) is 0.522. The highest BCUT2D eigenvalue weighted by Crippen LogP contribution is 2.68. The molecule has 3 saturated heterocycles. The van der Waals surface area contributed by atoms with Crippen molar-refractivity contribution in [3.63, 3.8) is 0 Å². The van der Waals surface area contributed by atoms with Gasteiger partial charge in [0, 0.05) is 24.9 Å². The van der Waals surface area contributed by atoms with E-state index in [1.54, 1.807) is 11.0 Å². The van der Waals surface area contributed by atoms with Crippen molar-refractivity contribution in [2.45, 2.75) is 35.9 Å². The molecule has 4 rings (SSSR count). The summed E-state index contributed by atoms with van der Waals surface area (Å²) >= 11 is 1.51. The summed E-state index contributed by atoms with van der Waals surface area (Å²) < 4.78 is -0.785. The van der Waals surface area contributed by atoms with Crippen LogP contribution in [0.3, 0.4) is 0 Å². The summed E-state index contributed by atoms with van der Waals surface area (Å²) in [5, 5.41) is 19.3. The van der Waals surface area contributed by atoms with Gasteiger partial charge in [-0.15, -0.1) is 18.3 Å². The second-order valence-corrected chi connectivity index (χ2v) is 10.2. The van der Waals surface area contributed by atoms with Gasteiger partial charge in [0.1, 0.15) is 6.04 Å². The topological polar surface area (TPSA) is 98.2 Å². The number of fused-ring (bicyclic) bond motifs is 1. The number of benzene rings is 1. The minimum Gasteiger partial charge on any atom is -0.481 e. The molecule has 3 fully saturated rings. The van der Waals surface area contributed by atoms with Gasteiger partial charge in [-0.25, -0.2) is 0 Å². The van der Waals surface area contributed by atoms with E-state index < -0.39 is 28.6 Å². The summed E-state index contributed by atoms with van der Waals surface area (Å²) in [4.78, 5) is 42.6. The van der Waals surface area contributed by atoms with E-state index in [-0.39, 0.29) is 36.1 Å². The second kappa shape index (κ2) is 8.31. The number of nitrogens with zero attached hydrogens (tertiary/aromatic N) is 2. The van der Waals surface area contributed by atoms with E-state index in [2.05, 4.69) is 6.58 Å². The van der Waals surface area contributed by atoms with Gasteiger partial charge in [-0.1, -0.05) is 43.3 Å². The smallest absolute Gasteiger partial charge is 0.308 e. The lowest BCUT2D eigenvalue weighted by Gasteiger charge is -2.40. The second-order valence-electron chi connectivity index (χ2n) is 8.64. The van der Waals surface area contributed by atoms with Crippen LogP contribution < -0.4 is 0 Å². The fourth-order valence-corrected chi connectivity index (χ4v) is 8.20. The first-order valence-corrected chi connectivity index (χ1v) is 11.5. The SMILES string of the molecule is C=CCN(Cc1ccccc1)C(=O)C1N(CCO)C(=O)[C@@H]2[C@H](C(=O)O)[C@@H]3CC(C)C12S3. The molecule has 166 valence electrons. The largest absolute Gasteiger partial charge is 0.481 e. The number of carbonyl (C=O) groups excluding carboxylic acids is 2. The molecule has 1 aromatic rings. The third-order valence-corrected chi connectivity index (χ3v) is 9.06. The van der Waals surface area contributed by atoms with Crippen molar-refractivity contribution in [2.24, 2.45) is 17.8 Å². The average molecular weight is 445 g/mol. The van der Waals surface area contributed by atoms with Gasteiger partial charge in [0.15, 0.2) is 0 Å². The van der Waals surface area contributed by atoms with Crippen molar-refractivity contribution in [3.8, 4) is 0 Å². The van der Waals surface area contributed by atoms with Crippen LogP contribution in [0, 0.1) is 17.8 Å². The number of carbonyl (C=O) groups is 3. The zero-order valence-corrected chi connectivity index (χ0v) is 18.3. The van der Waals surface area contributed by atoms with Crippen molar-refractivity contribution < 1.29 is 24.6 Å². The number of aliphatic hydroxyl groups excluding tert-OH is 1. The number of likely N-dealkylation sites (tertiary alicyclic amines) is 1.